The molecular weight excluding hydrogens is 444 g/mol. The number of amides is 2. The van der Waals surface area contributed by atoms with Gasteiger partial charge in [0.2, 0.25) is 5.91 Å². The van der Waals surface area contributed by atoms with E-state index in [1.165, 1.54) is 11.8 Å². The molecule has 0 saturated carbocycles. The van der Waals surface area contributed by atoms with E-state index in [-0.39, 0.29) is 25.6 Å². The number of aliphatic hydroxyl groups is 1. The van der Waals surface area contributed by atoms with Crippen LogP contribution in [-0.4, -0.2) is 65.5 Å². The van der Waals surface area contributed by atoms with Gasteiger partial charge in [0.1, 0.15) is 18.7 Å². The Labute approximate surface area is 196 Å². The molecule has 1 aliphatic carbocycles. The zero-order valence-corrected chi connectivity index (χ0v) is 19.1. The molecular formula is C24H28N2O6S. The Morgan fingerprint density at radius 1 is 0.970 bits per heavy atom. The molecule has 1 aliphatic rings. The minimum atomic E-state index is -1.25. The Hall–Kier alpha value is -3.04. The molecule has 2 atom stereocenters. The van der Waals surface area contributed by atoms with Crippen molar-refractivity contribution in [1.29, 1.82) is 0 Å². The number of aliphatic carboxylic acids is 1. The summed E-state index contributed by atoms with van der Waals surface area (Å²) in [6, 6.07) is 13.8. The van der Waals surface area contributed by atoms with Crippen LogP contribution < -0.4 is 10.6 Å². The third-order valence-electron chi connectivity index (χ3n) is 5.60. The van der Waals surface area contributed by atoms with E-state index < -0.39 is 30.1 Å². The van der Waals surface area contributed by atoms with E-state index in [0.29, 0.717) is 12.2 Å². The summed E-state index contributed by atoms with van der Waals surface area (Å²) < 4.78 is 5.51. The molecule has 8 nitrogen and oxygen atoms in total. The van der Waals surface area contributed by atoms with Crippen LogP contribution in [0.4, 0.5) is 4.79 Å². The number of alkyl carbamates (subject to hydrolysis) is 1. The quantitative estimate of drug-likeness (QED) is 0.396. The maximum Gasteiger partial charge on any atom is 0.407 e. The number of ether oxygens (including phenoxy) is 1. The molecule has 0 radical (unpaired) electrons. The van der Waals surface area contributed by atoms with E-state index in [9.17, 15) is 19.5 Å². The van der Waals surface area contributed by atoms with Gasteiger partial charge in [-0.15, -0.1) is 0 Å². The van der Waals surface area contributed by atoms with Gasteiger partial charge >= 0.3 is 12.1 Å². The fraction of sp³-hybridized carbons (Fsp3) is 0.375. The zero-order chi connectivity index (χ0) is 23.8. The second-order valence-corrected chi connectivity index (χ2v) is 8.70. The minimum Gasteiger partial charge on any atom is -0.480 e. The first-order chi connectivity index (χ1) is 16.0. The molecule has 33 heavy (non-hydrogen) atoms. The van der Waals surface area contributed by atoms with Crippen molar-refractivity contribution in [3.8, 4) is 11.1 Å². The molecule has 0 saturated heterocycles. The van der Waals surface area contributed by atoms with Crippen LogP contribution >= 0.6 is 11.8 Å². The van der Waals surface area contributed by atoms with Crippen molar-refractivity contribution < 1.29 is 29.3 Å². The Bertz CT molecular complexity index is 953. The number of hydrogen-bond donors (Lipinski definition) is 4. The zero-order valence-electron chi connectivity index (χ0n) is 18.3. The van der Waals surface area contributed by atoms with Gasteiger partial charge in [-0.3, -0.25) is 4.79 Å². The number of rotatable bonds is 11. The van der Waals surface area contributed by atoms with Crippen molar-refractivity contribution >= 4 is 29.7 Å². The number of nitrogens with one attached hydrogen (secondary N) is 2. The van der Waals surface area contributed by atoms with E-state index in [0.717, 1.165) is 22.3 Å². The molecule has 2 aromatic rings. The van der Waals surface area contributed by atoms with Gasteiger partial charge in [0.05, 0.1) is 0 Å². The van der Waals surface area contributed by atoms with Crippen LogP contribution in [0.1, 0.15) is 29.9 Å². The Morgan fingerprint density at radius 2 is 1.58 bits per heavy atom. The third kappa shape index (κ3) is 6.06. The Morgan fingerprint density at radius 3 is 2.12 bits per heavy atom. The molecule has 0 fully saturated rings. The molecule has 4 N–H and O–H groups in total. The van der Waals surface area contributed by atoms with Crippen molar-refractivity contribution in [3.63, 3.8) is 0 Å². The molecule has 0 heterocycles. The van der Waals surface area contributed by atoms with E-state index in [1.807, 2.05) is 54.8 Å². The summed E-state index contributed by atoms with van der Waals surface area (Å²) in [5.41, 5.74) is 4.39. The van der Waals surface area contributed by atoms with Crippen LogP contribution in [0, 0.1) is 0 Å². The average Bonchev–Trinajstić information content (AvgIpc) is 3.13. The number of carboxylic acid groups (broad SMARTS) is 1. The summed E-state index contributed by atoms with van der Waals surface area (Å²) in [6.45, 7) is -0.272. The SMILES string of the molecule is CSCC[C@@H](NC(=O)OCC1c2ccccc2-c2ccccc21)C(=O)N[C@H](CCO)C(=O)O. The first kappa shape index (κ1) is 24.6. The molecule has 0 aromatic heterocycles. The monoisotopic (exact) mass is 472 g/mol. The van der Waals surface area contributed by atoms with Crippen molar-refractivity contribution in [2.45, 2.75) is 30.8 Å². The molecule has 0 bridgehead atoms. The maximum absolute atomic E-state index is 12.6. The summed E-state index contributed by atoms with van der Waals surface area (Å²) in [5, 5.41) is 23.2. The second-order valence-electron chi connectivity index (χ2n) is 7.72. The van der Waals surface area contributed by atoms with Crippen LogP contribution in [-0.2, 0) is 14.3 Å². The summed E-state index contributed by atoms with van der Waals surface area (Å²) >= 11 is 1.50. The number of carboxylic acids is 1. The van der Waals surface area contributed by atoms with Gasteiger partial charge in [0, 0.05) is 18.9 Å². The van der Waals surface area contributed by atoms with Gasteiger partial charge in [-0.25, -0.2) is 9.59 Å². The first-order valence-corrected chi connectivity index (χ1v) is 12.1. The lowest BCUT2D eigenvalue weighted by atomic mass is 9.98. The number of thioether (sulfide) groups is 1. The molecule has 0 unspecified atom stereocenters. The second kappa shape index (κ2) is 11.7. The van der Waals surface area contributed by atoms with E-state index in [4.69, 9.17) is 9.84 Å². The van der Waals surface area contributed by atoms with Crippen molar-refractivity contribution in [2.75, 3.05) is 25.2 Å². The minimum absolute atomic E-state index is 0.109. The molecule has 2 aromatic carbocycles. The highest BCUT2D eigenvalue weighted by Gasteiger charge is 2.30. The standard InChI is InChI=1S/C24H28N2O6S/c1-33-13-11-20(22(28)25-21(10-12-27)23(29)30)26-24(31)32-14-19-17-8-4-2-6-15(17)16-7-3-5-9-18(16)19/h2-9,19-21,27H,10-14H2,1H3,(H,25,28)(H,26,31)(H,29,30)/t20-,21-/m1/s1. The molecule has 0 spiro atoms. The average molecular weight is 473 g/mol. The number of hydrogen-bond acceptors (Lipinski definition) is 6. The summed E-state index contributed by atoms with van der Waals surface area (Å²) in [7, 11) is 0. The molecule has 2 amide bonds. The number of carbonyl (C=O) groups is 3. The largest absolute Gasteiger partial charge is 0.480 e. The third-order valence-corrected chi connectivity index (χ3v) is 6.24. The lowest BCUT2D eigenvalue weighted by Gasteiger charge is -2.21. The van der Waals surface area contributed by atoms with Crippen LogP contribution in [0.3, 0.4) is 0 Å². The number of aliphatic hydroxyl groups excluding tert-OH is 1. The predicted octanol–water partition coefficient (Wildman–Crippen LogP) is 2.60. The van der Waals surface area contributed by atoms with Crippen LogP contribution in [0.15, 0.2) is 48.5 Å². The Balaban J connectivity index is 1.65. The highest BCUT2D eigenvalue weighted by atomic mass is 32.2. The normalized spacial score (nSPS) is 14.0. The highest BCUT2D eigenvalue weighted by Crippen LogP contribution is 2.44. The van der Waals surface area contributed by atoms with Gasteiger partial charge in [-0.05, 0) is 40.7 Å². The summed E-state index contributed by atoms with van der Waals surface area (Å²) in [4.78, 5) is 36.5. The van der Waals surface area contributed by atoms with Gasteiger partial charge in [0.25, 0.3) is 0 Å². The topological polar surface area (TPSA) is 125 Å². The van der Waals surface area contributed by atoms with Crippen molar-refractivity contribution in [2.24, 2.45) is 0 Å². The van der Waals surface area contributed by atoms with Crippen LogP contribution in [0.25, 0.3) is 11.1 Å². The summed E-state index contributed by atoms with van der Waals surface area (Å²) in [5.74, 6) is -1.40. The van der Waals surface area contributed by atoms with Crippen LogP contribution in [0.5, 0.6) is 0 Å². The number of fused-ring (bicyclic) bond motifs is 3. The fourth-order valence-electron chi connectivity index (χ4n) is 3.95. The van der Waals surface area contributed by atoms with Gasteiger partial charge in [-0.2, -0.15) is 11.8 Å². The van der Waals surface area contributed by atoms with Gasteiger partial charge in [-0.1, -0.05) is 48.5 Å². The highest BCUT2D eigenvalue weighted by molar-refractivity contribution is 7.98. The summed E-state index contributed by atoms with van der Waals surface area (Å²) in [6.07, 6.45) is 1.31. The molecule has 176 valence electrons. The van der Waals surface area contributed by atoms with Crippen molar-refractivity contribution in [1.82, 2.24) is 10.6 Å². The molecule has 0 aliphatic heterocycles. The maximum atomic E-state index is 12.6. The van der Waals surface area contributed by atoms with E-state index in [2.05, 4.69) is 10.6 Å². The van der Waals surface area contributed by atoms with E-state index >= 15 is 0 Å². The smallest absolute Gasteiger partial charge is 0.407 e. The number of carbonyl (C=O) groups excluding carboxylic acids is 2. The Kier molecular flexibility index (Phi) is 8.73. The van der Waals surface area contributed by atoms with E-state index in [1.54, 1.807) is 0 Å². The van der Waals surface area contributed by atoms with Gasteiger partial charge in [0.15, 0.2) is 0 Å². The number of benzene rings is 2. The lowest BCUT2D eigenvalue weighted by molar-refractivity contribution is -0.142. The fourth-order valence-corrected chi connectivity index (χ4v) is 4.42. The first-order valence-electron chi connectivity index (χ1n) is 10.7. The van der Waals surface area contributed by atoms with Crippen LogP contribution in [0.2, 0.25) is 0 Å². The molecule has 9 heteroatoms. The van der Waals surface area contributed by atoms with Gasteiger partial charge < -0.3 is 25.6 Å². The van der Waals surface area contributed by atoms with Crippen molar-refractivity contribution in [3.05, 3.63) is 59.7 Å². The lowest BCUT2D eigenvalue weighted by Crippen LogP contribution is -2.52. The molecule has 3 rings (SSSR count). The predicted molar refractivity (Wildman–Crippen MR) is 126 cm³/mol.